The maximum Gasteiger partial charge on any atom is 0.291 e. The number of hydrogen-bond acceptors (Lipinski definition) is 7. The summed E-state index contributed by atoms with van der Waals surface area (Å²) in [6, 6.07) is 17.0. The van der Waals surface area contributed by atoms with Gasteiger partial charge in [0.05, 0.1) is 6.26 Å². The van der Waals surface area contributed by atoms with E-state index in [9.17, 15) is 9.59 Å². The summed E-state index contributed by atoms with van der Waals surface area (Å²) in [5.41, 5.74) is 1.44. The van der Waals surface area contributed by atoms with E-state index in [1.165, 1.54) is 6.26 Å². The molecule has 0 aliphatic carbocycles. The number of furan rings is 1. The van der Waals surface area contributed by atoms with Crippen LogP contribution in [0.15, 0.2) is 89.9 Å². The van der Waals surface area contributed by atoms with Crippen LogP contribution in [0.1, 0.15) is 16.1 Å². The Hall–Kier alpha value is -4.66. The molecule has 4 aromatic rings. The molecule has 0 fully saturated rings. The molecular formula is C24H20N4O5. The molecule has 0 aliphatic heterocycles. The molecule has 0 aliphatic rings. The van der Waals surface area contributed by atoms with E-state index in [0.717, 1.165) is 5.56 Å². The molecule has 0 spiro atoms. The molecule has 3 aromatic heterocycles. The van der Waals surface area contributed by atoms with Crippen molar-refractivity contribution < 1.29 is 23.5 Å². The number of ether oxygens (including phenoxy) is 2. The summed E-state index contributed by atoms with van der Waals surface area (Å²) in [7, 11) is 0. The van der Waals surface area contributed by atoms with Crippen molar-refractivity contribution in [2.45, 2.75) is 6.61 Å². The summed E-state index contributed by atoms with van der Waals surface area (Å²) in [5.74, 6) is 0.539. The summed E-state index contributed by atoms with van der Waals surface area (Å²) in [5, 5.41) is 5.39. The smallest absolute Gasteiger partial charge is 0.291 e. The van der Waals surface area contributed by atoms with Crippen LogP contribution in [0.2, 0.25) is 0 Å². The lowest BCUT2D eigenvalue weighted by Gasteiger charge is -2.12. The van der Waals surface area contributed by atoms with Gasteiger partial charge in [-0.2, -0.15) is 0 Å². The molecular weight excluding hydrogens is 424 g/mol. The van der Waals surface area contributed by atoms with Gasteiger partial charge < -0.3 is 24.5 Å². The molecule has 3 heterocycles. The molecule has 166 valence electrons. The maximum atomic E-state index is 12.4. The first kappa shape index (κ1) is 21.6. The van der Waals surface area contributed by atoms with Gasteiger partial charge in [-0.1, -0.05) is 6.07 Å². The fourth-order valence-electron chi connectivity index (χ4n) is 2.82. The average Bonchev–Trinajstić information content (AvgIpc) is 3.39. The normalized spacial score (nSPS) is 10.3. The molecule has 0 saturated heterocycles. The number of nitrogens with one attached hydrogen (secondary N) is 2. The lowest BCUT2D eigenvalue weighted by Crippen LogP contribution is -2.21. The molecule has 2 N–H and O–H groups in total. The van der Waals surface area contributed by atoms with Gasteiger partial charge in [0.2, 0.25) is 0 Å². The van der Waals surface area contributed by atoms with Crippen LogP contribution >= 0.6 is 0 Å². The zero-order chi connectivity index (χ0) is 22.9. The molecule has 33 heavy (non-hydrogen) atoms. The molecule has 0 bridgehead atoms. The van der Waals surface area contributed by atoms with E-state index in [0.29, 0.717) is 29.6 Å². The van der Waals surface area contributed by atoms with Gasteiger partial charge in [-0.25, -0.2) is 4.98 Å². The first-order valence-electron chi connectivity index (χ1n) is 10.0. The summed E-state index contributed by atoms with van der Waals surface area (Å²) < 4.78 is 16.4. The second kappa shape index (κ2) is 10.6. The maximum absolute atomic E-state index is 12.4. The number of carbonyl (C=O) groups excluding carboxylic acids is 2. The molecule has 0 radical (unpaired) electrons. The monoisotopic (exact) mass is 444 g/mol. The van der Waals surface area contributed by atoms with Crippen LogP contribution in [0, 0.1) is 0 Å². The highest BCUT2D eigenvalue weighted by molar-refractivity contribution is 6.02. The van der Waals surface area contributed by atoms with E-state index in [1.807, 2.05) is 12.1 Å². The fraction of sp³-hybridized carbons (Fsp3) is 0.0833. The quantitative estimate of drug-likeness (QED) is 0.402. The van der Waals surface area contributed by atoms with E-state index in [-0.39, 0.29) is 18.3 Å². The molecule has 2 amide bonds. The molecule has 9 heteroatoms. The molecule has 1 aromatic carbocycles. The zero-order valence-corrected chi connectivity index (χ0v) is 17.4. The van der Waals surface area contributed by atoms with Crippen molar-refractivity contribution in [3.8, 4) is 11.5 Å². The minimum absolute atomic E-state index is 0.193. The third-order valence-electron chi connectivity index (χ3n) is 4.38. The van der Waals surface area contributed by atoms with E-state index < -0.39 is 5.91 Å². The van der Waals surface area contributed by atoms with Gasteiger partial charge in [0.15, 0.2) is 23.9 Å². The Morgan fingerprint density at radius 3 is 2.61 bits per heavy atom. The standard InChI is InChI=1S/C24H20N4O5/c29-22(28-23-20(6-2-10-26-23)33-15-17-8-11-25-12-9-17)16-32-19-5-1-4-18(14-19)27-24(30)21-7-3-13-31-21/h1-14H,15-16H2,(H,27,30)(H,26,28,29). The van der Waals surface area contributed by atoms with Crippen molar-refractivity contribution in [2.24, 2.45) is 0 Å². The van der Waals surface area contributed by atoms with Crippen LogP contribution in [0.25, 0.3) is 0 Å². The number of pyridine rings is 2. The Morgan fingerprint density at radius 2 is 1.79 bits per heavy atom. The van der Waals surface area contributed by atoms with Gasteiger partial charge in [0.25, 0.3) is 11.8 Å². The Kier molecular flexibility index (Phi) is 6.92. The molecule has 4 rings (SSSR count). The summed E-state index contributed by atoms with van der Waals surface area (Å²) >= 11 is 0. The highest BCUT2D eigenvalue weighted by Crippen LogP contribution is 2.22. The van der Waals surface area contributed by atoms with Crippen molar-refractivity contribution in [1.82, 2.24) is 9.97 Å². The number of hydrogen-bond donors (Lipinski definition) is 2. The Morgan fingerprint density at radius 1 is 0.909 bits per heavy atom. The van der Waals surface area contributed by atoms with Crippen LogP contribution in [0.3, 0.4) is 0 Å². The highest BCUT2D eigenvalue weighted by Gasteiger charge is 2.12. The van der Waals surface area contributed by atoms with Crippen molar-refractivity contribution in [1.29, 1.82) is 0 Å². The third kappa shape index (κ3) is 6.17. The molecule has 9 nitrogen and oxygen atoms in total. The topological polar surface area (TPSA) is 116 Å². The largest absolute Gasteiger partial charge is 0.485 e. The van der Waals surface area contributed by atoms with Crippen molar-refractivity contribution >= 4 is 23.3 Å². The van der Waals surface area contributed by atoms with Crippen LogP contribution in [0.5, 0.6) is 11.5 Å². The van der Waals surface area contributed by atoms with Crippen LogP contribution in [-0.4, -0.2) is 28.4 Å². The number of amides is 2. The predicted octanol–water partition coefficient (Wildman–Crippen LogP) is 3.92. The number of nitrogens with zero attached hydrogens (tertiary/aromatic N) is 2. The second-order valence-electron chi connectivity index (χ2n) is 6.79. The van der Waals surface area contributed by atoms with Gasteiger partial charge >= 0.3 is 0 Å². The average molecular weight is 444 g/mol. The third-order valence-corrected chi connectivity index (χ3v) is 4.38. The Labute approximate surface area is 189 Å². The Bertz CT molecular complexity index is 1210. The van der Waals surface area contributed by atoms with Crippen LogP contribution in [0.4, 0.5) is 11.5 Å². The summed E-state index contributed by atoms with van der Waals surface area (Å²) in [6.07, 6.45) is 6.34. The van der Waals surface area contributed by atoms with E-state index in [4.69, 9.17) is 13.9 Å². The van der Waals surface area contributed by atoms with Gasteiger partial charge in [0, 0.05) is 30.3 Å². The van der Waals surface area contributed by atoms with E-state index in [2.05, 4.69) is 20.6 Å². The van der Waals surface area contributed by atoms with Crippen LogP contribution in [-0.2, 0) is 11.4 Å². The first-order chi connectivity index (χ1) is 16.2. The zero-order valence-electron chi connectivity index (χ0n) is 17.4. The summed E-state index contributed by atoms with van der Waals surface area (Å²) in [4.78, 5) is 32.7. The first-order valence-corrected chi connectivity index (χ1v) is 10.0. The van der Waals surface area contributed by atoms with Gasteiger partial charge in [-0.3, -0.25) is 14.6 Å². The predicted molar refractivity (Wildman–Crippen MR) is 120 cm³/mol. The second-order valence-corrected chi connectivity index (χ2v) is 6.79. The molecule has 0 saturated carbocycles. The number of aromatic nitrogens is 2. The lowest BCUT2D eigenvalue weighted by molar-refractivity contribution is -0.118. The number of carbonyl (C=O) groups is 2. The number of benzene rings is 1. The summed E-state index contributed by atoms with van der Waals surface area (Å²) in [6.45, 7) is 0.0556. The van der Waals surface area contributed by atoms with Crippen LogP contribution < -0.4 is 20.1 Å². The minimum Gasteiger partial charge on any atom is -0.485 e. The van der Waals surface area contributed by atoms with Gasteiger partial charge in [-0.05, 0) is 54.1 Å². The fourth-order valence-corrected chi connectivity index (χ4v) is 2.82. The minimum atomic E-state index is -0.410. The molecule has 0 unspecified atom stereocenters. The number of rotatable bonds is 9. The SMILES string of the molecule is O=C(COc1cccc(NC(=O)c2ccco2)c1)Nc1ncccc1OCc1ccncc1. The van der Waals surface area contributed by atoms with E-state index in [1.54, 1.807) is 67.1 Å². The van der Waals surface area contributed by atoms with E-state index >= 15 is 0 Å². The van der Waals surface area contributed by atoms with Crippen molar-refractivity contribution in [3.05, 3.63) is 96.8 Å². The van der Waals surface area contributed by atoms with Gasteiger partial charge in [0.1, 0.15) is 12.4 Å². The van der Waals surface area contributed by atoms with Gasteiger partial charge in [-0.15, -0.1) is 0 Å². The van der Waals surface area contributed by atoms with Crippen molar-refractivity contribution in [2.75, 3.05) is 17.2 Å². The van der Waals surface area contributed by atoms with Crippen molar-refractivity contribution in [3.63, 3.8) is 0 Å². The Balaban J connectivity index is 1.31. The number of anilines is 2. The lowest BCUT2D eigenvalue weighted by atomic mass is 10.3. The molecule has 0 atom stereocenters. The highest BCUT2D eigenvalue weighted by atomic mass is 16.5.